The molecular formula is C12H14FNO2. The minimum absolute atomic E-state index is 0.00629. The van der Waals surface area contributed by atoms with Gasteiger partial charge in [0.1, 0.15) is 0 Å². The fraction of sp³-hybridized carbons (Fsp3) is 0.333. The summed E-state index contributed by atoms with van der Waals surface area (Å²) >= 11 is 0. The molecular weight excluding hydrogens is 209 g/mol. The highest BCUT2D eigenvalue weighted by molar-refractivity contribution is 5.95. The first-order valence-electron chi connectivity index (χ1n) is 5.02. The lowest BCUT2D eigenvalue weighted by molar-refractivity contribution is -0.114. The molecule has 1 N–H and O–H groups in total. The van der Waals surface area contributed by atoms with Gasteiger partial charge in [0, 0.05) is 12.5 Å². The van der Waals surface area contributed by atoms with Crippen molar-refractivity contribution in [3.63, 3.8) is 0 Å². The third kappa shape index (κ3) is 2.45. The fourth-order valence-corrected chi connectivity index (χ4v) is 1.45. The van der Waals surface area contributed by atoms with Gasteiger partial charge in [-0.1, -0.05) is 19.9 Å². The van der Waals surface area contributed by atoms with Crippen molar-refractivity contribution in [3.05, 3.63) is 29.1 Å². The number of aldehydes is 1. The van der Waals surface area contributed by atoms with Crippen LogP contribution in [0.3, 0.4) is 0 Å². The second-order valence-corrected chi connectivity index (χ2v) is 3.89. The monoisotopic (exact) mass is 223 g/mol. The first kappa shape index (κ1) is 12.4. The molecule has 0 unspecified atom stereocenters. The number of benzene rings is 1. The van der Waals surface area contributed by atoms with Crippen molar-refractivity contribution in [2.45, 2.75) is 26.7 Å². The lowest BCUT2D eigenvalue weighted by Crippen LogP contribution is -2.11. The van der Waals surface area contributed by atoms with E-state index in [0.29, 0.717) is 11.8 Å². The largest absolute Gasteiger partial charge is 0.323 e. The van der Waals surface area contributed by atoms with Crippen LogP contribution in [0.2, 0.25) is 0 Å². The minimum atomic E-state index is -0.533. The van der Waals surface area contributed by atoms with Gasteiger partial charge >= 0.3 is 0 Å². The van der Waals surface area contributed by atoms with Crippen LogP contribution in [0.1, 0.15) is 42.6 Å². The second-order valence-electron chi connectivity index (χ2n) is 3.89. The maximum atomic E-state index is 14.0. The van der Waals surface area contributed by atoms with Crippen LogP contribution in [-0.2, 0) is 4.79 Å². The summed E-state index contributed by atoms with van der Waals surface area (Å²) in [4.78, 5) is 21.6. The van der Waals surface area contributed by atoms with Crippen molar-refractivity contribution < 1.29 is 14.0 Å². The lowest BCUT2D eigenvalue weighted by Gasteiger charge is -2.13. The highest BCUT2D eigenvalue weighted by atomic mass is 19.1. The number of rotatable bonds is 3. The van der Waals surface area contributed by atoms with Crippen molar-refractivity contribution in [1.29, 1.82) is 0 Å². The number of halogens is 1. The standard InChI is InChI=1S/C12H14FNO2/c1-7(2)10-5-4-9(6-15)12(11(10)13)14-8(3)16/h4-7H,1-3H3,(H,14,16). The molecule has 3 nitrogen and oxygen atoms in total. The van der Waals surface area contributed by atoms with Gasteiger partial charge in [-0.05, 0) is 17.5 Å². The zero-order chi connectivity index (χ0) is 12.3. The summed E-state index contributed by atoms with van der Waals surface area (Å²) in [7, 11) is 0. The fourth-order valence-electron chi connectivity index (χ4n) is 1.45. The number of nitrogens with one attached hydrogen (secondary N) is 1. The number of anilines is 1. The minimum Gasteiger partial charge on any atom is -0.323 e. The quantitative estimate of drug-likeness (QED) is 0.801. The Morgan fingerprint density at radius 3 is 2.50 bits per heavy atom. The molecule has 0 aliphatic carbocycles. The van der Waals surface area contributed by atoms with Crippen LogP contribution < -0.4 is 5.32 Å². The Morgan fingerprint density at radius 2 is 2.06 bits per heavy atom. The van der Waals surface area contributed by atoms with Crippen molar-refractivity contribution in [1.82, 2.24) is 0 Å². The summed E-state index contributed by atoms with van der Waals surface area (Å²) in [6.45, 7) is 4.96. The van der Waals surface area contributed by atoms with Crippen LogP contribution in [0.4, 0.5) is 10.1 Å². The zero-order valence-electron chi connectivity index (χ0n) is 9.50. The molecule has 0 radical (unpaired) electrons. The molecule has 1 rings (SSSR count). The van der Waals surface area contributed by atoms with Crippen molar-refractivity contribution in [2.75, 3.05) is 5.32 Å². The van der Waals surface area contributed by atoms with E-state index in [2.05, 4.69) is 5.32 Å². The smallest absolute Gasteiger partial charge is 0.221 e. The van der Waals surface area contributed by atoms with E-state index in [-0.39, 0.29) is 17.2 Å². The van der Waals surface area contributed by atoms with E-state index in [1.807, 2.05) is 13.8 Å². The molecule has 0 spiro atoms. The molecule has 1 aromatic rings. The molecule has 0 aromatic heterocycles. The summed E-state index contributed by atoms with van der Waals surface area (Å²) in [5.74, 6) is -0.939. The maximum absolute atomic E-state index is 14.0. The summed E-state index contributed by atoms with van der Waals surface area (Å²) in [5, 5.41) is 2.34. The van der Waals surface area contributed by atoms with E-state index in [4.69, 9.17) is 0 Å². The Kier molecular flexibility index (Phi) is 3.77. The molecule has 0 aliphatic heterocycles. The van der Waals surface area contributed by atoms with E-state index in [1.165, 1.54) is 13.0 Å². The van der Waals surface area contributed by atoms with Gasteiger partial charge in [0.15, 0.2) is 12.1 Å². The highest BCUT2D eigenvalue weighted by Gasteiger charge is 2.15. The van der Waals surface area contributed by atoms with E-state index >= 15 is 0 Å². The van der Waals surface area contributed by atoms with Crippen LogP contribution in [0, 0.1) is 5.82 Å². The predicted molar refractivity (Wildman–Crippen MR) is 60.2 cm³/mol. The average molecular weight is 223 g/mol. The first-order chi connectivity index (χ1) is 7.47. The van der Waals surface area contributed by atoms with Crippen LogP contribution in [0.25, 0.3) is 0 Å². The van der Waals surface area contributed by atoms with Gasteiger partial charge in [-0.3, -0.25) is 9.59 Å². The summed E-state index contributed by atoms with van der Waals surface area (Å²) in [5.41, 5.74) is 0.597. The summed E-state index contributed by atoms with van der Waals surface area (Å²) in [6.07, 6.45) is 0.526. The molecule has 0 bridgehead atoms. The lowest BCUT2D eigenvalue weighted by atomic mass is 9.99. The van der Waals surface area contributed by atoms with Crippen molar-refractivity contribution in [2.24, 2.45) is 0 Å². The Balaban J connectivity index is 3.33. The molecule has 86 valence electrons. The van der Waals surface area contributed by atoms with Crippen LogP contribution in [0.15, 0.2) is 12.1 Å². The predicted octanol–water partition coefficient (Wildman–Crippen LogP) is 2.72. The van der Waals surface area contributed by atoms with E-state index < -0.39 is 11.7 Å². The van der Waals surface area contributed by atoms with Crippen LogP contribution in [0.5, 0.6) is 0 Å². The number of hydrogen-bond acceptors (Lipinski definition) is 2. The topological polar surface area (TPSA) is 46.2 Å². The normalized spacial score (nSPS) is 10.3. The molecule has 0 saturated heterocycles. The van der Waals surface area contributed by atoms with Crippen molar-refractivity contribution >= 4 is 17.9 Å². The number of carbonyl (C=O) groups is 2. The molecule has 0 atom stereocenters. The van der Waals surface area contributed by atoms with Crippen LogP contribution >= 0.6 is 0 Å². The van der Waals surface area contributed by atoms with E-state index in [9.17, 15) is 14.0 Å². The SMILES string of the molecule is CC(=O)Nc1c(C=O)ccc(C(C)C)c1F. The van der Waals surface area contributed by atoms with Gasteiger partial charge in [-0.2, -0.15) is 0 Å². The Labute approximate surface area is 93.7 Å². The molecule has 16 heavy (non-hydrogen) atoms. The highest BCUT2D eigenvalue weighted by Crippen LogP contribution is 2.27. The Hall–Kier alpha value is -1.71. The third-order valence-electron chi connectivity index (χ3n) is 2.25. The van der Waals surface area contributed by atoms with Gasteiger partial charge in [-0.15, -0.1) is 0 Å². The molecule has 0 aliphatic rings. The average Bonchev–Trinajstić information content (AvgIpc) is 2.19. The zero-order valence-corrected chi connectivity index (χ0v) is 9.50. The van der Waals surface area contributed by atoms with E-state index in [0.717, 1.165) is 0 Å². The molecule has 1 aromatic carbocycles. The number of amides is 1. The van der Waals surface area contributed by atoms with Crippen molar-refractivity contribution in [3.8, 4) is 0 Å². The second kappa shape index (κ2) is 4.88. The third-order valence-corrected chi connectivity index (χ3v) is 2.25. The molecule has 0 saturated carbocycles. The van der Waals surface area contributed by atoms with Gasteiger partial charge in [-0.25, -0.2) is 4.39 Å². The van der Waals surface area contributed by atoms with Gasteiger partial charge in [0.2, 0.25) is 5.91 Å². The van der Waals surface area contributed by atoms with Crippen LogP contribution in [-0.4, -0.2) is 12.2 Å². The first-order valence-corrected chi connectivity index (χ1v) is 5.02. The molecule has 4 heteroatoms. The number of carbonyl (C=O) groups excluding carboxylic acids is 2. The van der Waals surface area contributed by atoms with Gasteiger partial charge in [0.05, 0.1) is 5.69 Å². The molecule has 0 fully saturated rings. The number of hydrogen-bond donors (Lipinski definition) is 1. The van der Waals surface area contributed by atoms with Gasteiger partial charge in [0.25, 0.3) is 0 Å². The summed E-state index contributed by atoms with van der Waals surface area (Å²) in [6, 6.07) is 3.08. The molecule has 1 amide bonds. The maximum Gasteiger partial charge on any atom is 0.221 e. The Morgan fingerprint density at radius 1 is 1.44 bits per heavy atom. The van der Waals surface area contributed by atoms with E-state index in [1.54, 1.807) is 6.07 Å². The molecule has 0 heterocycles. The summed E-state index contributed by atoms with van der Waals surface area (Å²) < 4.78 is 14.0. The Bertz CT molecular complexity index is 427. The van der Waals surface area contributed by atoms with Gasteiger partial charge < -0.3 is 5.32 Å².